The first-order valence-corrected chi connectivity index (χ1v) is 6.00. The highest BCUT2D eigenvalue weighted by Gasteiger charge is 2.31. The van der Waals surface area contributed by atoms with Gasteiger partial charge in [0, 0.05) is 18.0 Å². The van der Waals surface area contributed by atoms with Crippen LogP contribution in [0.5, 0.6) is 0 Å². The molecule has 0 aromatic heterocycles. The molecule has 88 valence electrons. The lowest BCUT2D eigenvalue weighted by Gasteiger charge is -2.39. The molecule has 0 heterocycles. The van der Waals surface area contributed by atoms with Crippen LogP contribution in [0.1, 0.15) is 40.5 Å². The monoisotopic (exact) mass is 234 g/mol. The number of rotatable bonds is 6. The van der Waals surface area contributed by atoms with E-state index in [0.29, 0.717) is 12.8 Å². The first kappa shape index (κ1) is 14.8. The van der Waals surface area contributed by atoms with Gasteiger partial charge in [-0.15, -0.1) is 0 Å². The topological polar surface area (TPSA) is 76.7 Å². The Bertz CT molecular complexity index is 226. The average molecular weight is 234 g/mol. The molecule has 0 rings (SSSR count). The third-order valence-corrected chi connectivity index (χ3v) is 2.40. The van der Waals surface area contributed by atoms with Crippen LogP contribution in [0.25, 0.3) is 0 Å². The van der Waals surface area contributed by atoms with E-state index >= 15 is 0 Å². The van der Waals surface area contributed by atoms with Crippen LogP contribution in [0, 0.1) is 11.3 Å². The summed E-state index contributed by atoms with van der Waals surface area (Å²) in [7, 11) is -2.41. The molecule has 0 saturated heterocycles. The smallest absolute Gasteiger partial charge is 0.327 e. The SMILES string of the molecule is CC(C)N(OP(O)O)C(C)(C)CCC#N. The lowest BCUT2D eigenvalue weighted by Crippen LogP contribution is -2.46. The van der Waals surface area contributed by atoms with Gasteiger partial charge in [-0.3, -0.25) is 0 Å². The normalized spacial score (nSPS) is 12.5. The molecule has 15 heavy (non-hydrogen) atoms. The van der Waals surface area contributed by atoms with Gasteiger partial charge in [-0.2, -0.15) is 10.3 Å². The van der Waals surface area contributed by atoms with Crippen molar-refractivity contribution in [3.63, 3.8) is 0 Å². The van der Waals surface area contributed by atoms with Crippen molar-refractivity contribution in [2.75, 3.05) is 0 Å². The molecule has 0 aromatic carbocycles. The van der Waals surface area contributed by atoms with Gasteiger partial charge in [0.15, 0.2) is 0 Å². The van der Waals surface area contributed by atoms with Gasteiger partial charge in [0.25, 0.3) is 0 Å². The van der Waals surface area contributed by atoms with Crippen LogP contribution in [0.4, 0.5) is 0 Å². The van der Waals surface area contributed by atoms with Gasteiger partial charge in [-0.25, -0.2) is 4.62 Å². The molecule has 6 heteroatoms. The molecule has 0 atom stereocenters. The quantitative estimate of drug-likeness (QED) is 0.542. The Morgan fingerprint density at radius 2 is 2.00 bits per heavy atom. The Labute approximate surface area is 92.2 Å². The van der Waals surface area contributed by atoms with Crippen LogP contribution in [0.15, 0.2) is 0 Å². The zero-order chi connectivity index (χ0) is 12.1. The number of hydrogen-bond acceptors (Lipinski definition) is 5. The van der Waals surface area contributed by atoms with E-state index in [-0.39, 0.29) is 6.04 Å². The minimum absolute atomic E-state index is 0.0167. The molecule has 0 aliphatic rings. The van der Waals surface area contributed by atoms with Crippen molar-refractivity contribution in [3.05, 3.63) is 0 Å². The number of hydroxylamine groups is 2. The molecule has 0 amide bonds. The van der Waals surface area contributed by atoms with Crippen molar-refractivity contribution in [2.45, 2.75) is 52.1 Å². The molecule has 0 aliphatic heterocycles. The average Bonchev–Trinajstić information content (AvgIpc) is 2.10. The van der Waals surface area contributed by atoms with Crippen molar-refractivity contribution in [3.8, 4) is 6.07 Å². The summed E-state index contributed by atoms with van der Waals surface area (Å²) in [5, 5.41) is 10.1. The Morgan fingerprint density at radius 3 is 2.33 bits per heavy atom. The van der Waals surface area contributed by atoms with Gasteiger partial charge in [0.1, 0.15) is 0 Å². The highest BCUT2D eigenvalue weighted by Crippen LogP contribution is 2.34. The maximum absolute atomic E-state index is 8.85. The molecular formula is C9H19N2O3P. The van der Waals surface area contributed by atoms with E-state index in [2.05, 4.69) is 6.07 Å². The highest BCUT2D eigenvalue weighted by atomic mass is 31.2. The van der Waals surface area contributed by atoms with Crippen molar-refractivity contribution in [1.82, 2.24) is 5.06 Å². The maximum Gasteiger partial charge on any atom is 0.345 e. The number of nitrogens with zero attached hydrogens (tertiary/aromatic N) is 2. The molecule has 5 nitrogen and oxygen atoms in total. The van der Waals surface area contributed by atoms with Gasteiger partial charge >= 0.3 is 8.60 Å². The molecule has 0 bridgehead atoms. The zero-order valence-corrected chi connectivity index (χ0v) is 10.5. The first-order chi connectivity index (χ1) is 6.81. The van der Waals surface area contributed by atoms with Crippen LogP contribution < -0.4 is 0 Å². The van der Waals surface area contributed by atoms with Crippen LogP contribution in [-0.4, -0.2) is 26.4 Å². The molecule has 0 fully saturated rings. The molecule has 0 radical (unpaired) electrons. The van der Waals surface area contributed by atoms with Gasteiger partial charge in [-0.05, 0) is 34.1 Å². The Balaban J connectivity index is 4.52. The fourth-order valence-corrected chi connectivity index (χ4v) is 2.02. The largest absolute Gasteiger partial charge is 0.345 e. The Kier molecular flexibility index (Phi) is 6.26. The zero-order valence-electron chi connectivity index (χ0n) is 9.64. The minimum atomic E-state index is -2.41. The Morgan fingerprint density at radius 1 is 1.47 bits per heavy atom. The summed E-state index contributed by atoms with van der Waals surface area (Å²) in [4.78, 5) is 17.7. The van der Waals surface area contributed by atoms with E-state index in [4.69, 9.17) is 19.7 Å². The lowest BCUT2D eigenvalue weighted by atomic mass is 9.97. The fourth-order valence-electron chi connectivity index (χ4n) is 1.45. The summed E-state index contributed by atoms with van der Waals surface area (Å²) < 4.78 is 4.97. The van der Waals surface area contributed by atoms with E-state index in [1.807, 2.05) is 27.7 Å². The van der Waals surface area contributed by atoms with Gasteiger partial charge in [0.2, 0.25) is 0 Å². The highest BCUT2D eigenvalue weighted by molar-refractivity contribution is 7.39. The predicted molar refractivity (Wildman–Crippen MR) is 58.3 cm³/mol. The van der Waals surface area contributed by atoms with E-state index in [1.165, 1.54) is 5.06 Å². The number of nitriles is 1. The second kappa shape index (κ2) is 6.37. The van der Waals surface area contributed by atoms with Crippen molar-refractivity contribution >= 4 is 8.60 Å². The molecule has 0 aromatic rings. The second-order valence-corrected chi connectivity index (χ2v) is 4.89. The second-order valence-electron chi connectivity index (χ2n) is 4.22. The van der Waals surface area contributed by atoms with Crippen LogP contribution in [-0.2, 0) is 4.62 Å². The van der Waals surface area contributed by atoms with Crippen LogP contribution in [0.3, 0.4) is 0 Å². The molecular weight excluding hydrogens is 215 g/mol. The summed E-state index contributed by atoms with van der Waals surface area (Å²) in [6, 6.07) is 2.09. The van der Waals surface area contributed by atoms with E-state index in [1.54, 1.807) is 0 Å². The molecule has 0 unspecified atom stereocenters. The van der Waals surface area contributed by atoms with E-state index in [9.17, 15) is 0 Å². The van der Waals surface area contributed by atoms with Gasteiger partial charge in [-0.1, -0.05) is 0 Å². The van der Waals surface area contributed by atoms with Crippen molar-refractivity contribution in [2.24, 2.45) is 0 Å². The first-order valence-electron chi connectivity index (χ1n) is 4.83. The molecule has 0 spiro atoms. The van der Waals surface area contributed by atoms with Gasteiger partial charge < -0.3 is 9.79 Å². The Hall–Kier alpha value is -0.240. The lowest BCUT2D eigenvalue weighted by molar-refractivity contribution is -0.164. The number of hydrogen-bond donors (Lipinski definition) is 2. The van der Waals surface area contributed by atoms with E-state index < -0.39 is 14.1 Å². The predicted octanol–water partition coefficient (Wildman–Crippen LogP) is 1.92. The minimum Gasteiger partial charge on any atom is -0.327 e. The van der Waals surface area contributed by atoms with Crippen molar-refractivity contribution in [1.29, 1.82) is 5.26 Å². The summed E-state index contributed by atoms with van der Waals surface area (Å²) >= 11 is 0. The van der Waals surface area contributed by atoms with E-state index in [0.717, 1.165) is 0 Å². The summed E-state index contributed by atoms with van der Waals surface area (Å²) in [6.45, 7) is 7.60. The third kappa shape index (κ3) is 5.41. The molecule has 0 saturated carbocycles. The van der Waals surface area contributed by atoms with Gasteiger partial charge in [0.05, 0.1) is 6.07 Å². The van der Waals surface area contributed by atoms with Crippen molar-refractivity contribution < 1.29 is 14.4 Å². The molecule has 2 N–H and O–H groups in total. The maximum atomic E-state index is 8.85. The third-order valence-electron chi connectivity index (χ3n) is 2.08. The fraction of sp³-hybridized carbons (Fsp3) is 0.889. The van der Waals surface area contributed by atoms with Crippen LogP contribution in [0.2, 0.25) is 0 Å². The summed E-state index contributed by atoms with van der Waals surface area (Å²) in [5.41, 5.74) is -0.393. The standard InChI is InChI=1S/C9H19N2O3P/c1-8(2)11(14-15(12)13)9(3,4)6-5-7-10/h8,12-13H,5-6H2,1-4H3. The summed E-state index contributed by atoms with van der Waals surface area (Å²) in [6.07, 6.45) is 1.03. The molecule has 0 aliphatic carbocycles. The summed E-state index contributed by atoms with van der Waals surface area (Å²) in [5.74, 6) is 0. The van der Waals surface area contributed by atoms with Crippen LogP contribution >= 0.6 is 8.60 Å².